The zero-order valence-electron chi connectivity index (χ0n) is 22.2. The summed E-state index contributed by atoms with van der Waals surface area (Å²) in [5.41, 5.74) is 10.1. The highest BCUT2D eigenvalue weighted by Gasteiger charge is 2.68. The minimum absolute atomic E-state index is 0.0471. The molecule has 2 spiro atoms. The molecule has 5 aliphatic rings. The zero-order chi connectivity index (χ0) is 27.4. The number of ether oxygens (including phenoxy) is 1. The van der Waals surface area contributed by atoms with Crippen molar-refractivity contribution in [1.82, 2.24) is 19.6 Å². The van der Waals surface area contributed by atoms with Crippen molar-refractivity contribution < 1.29 is 28.7 Å². The van der Waals surface area contributed by atoms with Gasteiger partial charge in [-0.2, -0.15) is 0 Å². The van der Waals surface area contributed by atoms with Crippen molar-refractivity contribution in [2.75, 3.05) is 26.7 Å². The van der Waals surface area contributed by atoms with Crippen LogP contribution in [0.25, 0.3) is 0 Å². The summed E-state index contributed by atoms with van der Waals surface area (Å²) < 4.78 is 5.76. The number of amides is 7. The molecule has 3 saturated heterocycles. The molecule has 5 rings (SSSR count). The van der Waals surface area contributed by atoms with E-state index in [4.69, 9.17) is 16.2 Å². The fourth-order valence-electron chi connectivity index (χ4n) is 7.21. The third kappa shape index (κ3) is 3.95. The number of hydrogen-bond donors (Lipinski definition) is 2. The third-order valence-corrected chi connectivity index (χ3v) is 9.22. The molecule has 0 aromatic rings. The highest BCUT2D eigenvalue weighted by molar-refractivity contribution is 6.29. The molecule has 2 saturated carbocycles. The van der Waals surface area contributed by atoms with E-state index in [1.165, 1.54) is 11.9 Å². The molecule has 1 atom stereocenters. The van der Waals surface area contributed by atoms with Gasteiger partial charge in [0.25, 0.3) is 17.7 Å². The number of imide groups is 3. The highest BCUT2D eigenvalue weighted by Crippen LogP contribution is 2.61. The maximum absolute atomic E-state index is 13.3. The Hall–Kier alpha value is -3.15. The molecule has 3 heterocycles. The lowest BCUT2D eigenvalue weighted by atomic mass is 9.51. The van der Waals surface area contributed by atoms with Crippen LogP contribution < -0.4 is 11.5 Å². The fraction of sp³-hybridized carbons (Fsp3) is 0.731. The number of likely N-dealkylation sites (N-methyl/N-ethyl adjacent to an activating group) is 1. The second kappa shape index (κ2) is 9.55. The van der Waals surface area contributed by atoms with Gasteiger partial charge in [-0.15, -0.1) is 0 Å². The van der Waals surface area contributed by atoms with Gasteiger partial charge in [0.15, 0.2) is 0 Å². The normalized spacial score (nSPS) is 33.8. The number of nitrogens with two attached hydrogens (primary N) is 2. The molecule has 2 aliphatic carbocycles. The van der Waals surface area contributed by atoms with E-state index in [1.807, 2.05) is 6.92 Å². The highest BCUT2D eigenvalue weighted by atomic mass is 16.5. The van der Waals surface area contributed by atoms with Crippen LogP contribution in [-0.4, -0.2) is 93.8 Å². The number of barbiturate groups is 1. The summed E-state index contributed by atoms with van der Waals surface area (Å²) in [5.74, 6) is -2.02. The van der Waals surface area contributed by atoms with Crippen LogP contribution in [0, 0.1) is 5.41 Å². The maximum atomic E-state index is 13.3. The Morgan fingerprint density at radius 3 is 2.26 bits per heavy atom. The van der Waals surface area contributed by atoms with Crippen LogP contribution in [-0.2, 0) is 19.1 Å². The summed E-state index contributed by atoms with van der Waals surface area (Å²) in [4.78, 5) is 70.7. The van der Waals surface area contributed by atoms with E-state index in [1.54, 1.807) is 4.90 Å². The van der Waals surface area contributed by atoms with Gasteiger partial charge in [-0.1, -0.05) is 13.3 Å². The molecule has 5 fully saturated rings. The van der Waals surface area contributed by atoms with Crippen LogP contribution in [0.1, 0.15) is 71.1 Å². The third-order valence-electron chi connectivity index (χ3n) is 9.22. The maximum Gasteiger partial charge on any atom is 0.334 e. The van der Waals surface area contributed by atoms with Crippen molar-refractivity contribution in [3.8, 4) is 0 Å². The van der Waals surface area contributed by atoms with Crippen LogP contribution in [0.5, 0.6) is 0 Å². The first-order valence-corrected chi connectivity index (χ1v) is 13.7. The first-order chi connectivity index (χ1) is 18.0. The van der Waals surface area contributed by atoms with Crippen molar-refractivity contribution in [2.45, 2.75) is 88.8 Å². The molecule has 12 heteroatoms. The fourth-order valence-corrected chi connectivity index (χ4v) is 7.21. The van der Waals surface area contributed by atoms with E-state index >= 15 is 0 Å². The van der Waals surface area contributed by atoms with Gasteiger partial charge in [0.05, 0.1) is 6.10 Å². The Morgan fingerprint density at radius 2 is 1.68 bits per heavy atom. The molecule has 1 unspecified atom stereocenters. The standard InChI is InChI=1S/C26H38N6O6/c1-3-4-11-30-20(33)18(19(27)28)21(34)32(24(30)37)16-7-9-25(10-8-16)14-26(15-25)22(35)29(2)23(36)31(26)13-17-6-5-12-38-17/h16-17H,3-15,27-28H2,1-2H3. The van der Waals surface area contributed by atoms with E-state index < -0.39 is 29.4 Å². The zero-order valence-corrected chi connectivity index (χ0v) is 22.2. The van der Waals surface area contributed by atoms with Crippen molar-refractivity contribution in [3.63, 3.8) is 0 Å². The van der Waals surface area contributed by atoms with Crippen LogP contribution in [0.4, 0.5) is 9.59 Å². The Balaban J connectivity index is 1.30. The summed E-state index contributed by atoms with van der Waals surface area (Å²) in [6, 6.07) is -1.28. The number of nitrogens with zero attached hydrogens (tertiary/aromatic N) is 4. The minimum atomic E-state index is -0.839. The van der Waals surface area contributed by atoms with Gasteiger partial charge in [0.2, 0.25) is 0 Å². The van der Waals surface area contributed by atoms with Gasteiger partial charge in [-0.3, -0.25) is 29.1 Å². The molecule has 0 radical (unpaired) electrons. The SMILES string of the molecule is CCCCN1C(=O)C(=C(N)N)C(=O)N(C2CCC3(CC2)CC2(C3)C(=O)N(C)C(=O)N2CC2CCCO2)C1=O. The molecule has 3 aliphatic heterocycles. The number of rotatable bonds is 6. The summed E-state index contributed by atoms with van der Waals surface area (Å²) in [6.07, 6.45) is 6.81. The van der Waals surface area contributed by atoms with E-state index in [-0.39, 0.29) is 41.4 Å². The first-order valence-electron chi connectivity index (χ1n) is 13.7. The second-order valence-electron chi connectivity index (χ2n) is 11.6. The van der Waals surface area contributed by atoms with Crippen LogP contribution >= 0.6 is 0 Å². The summed E-state index contributed by atoms with van der Waals surface area (Å²) in [7, 11) is 1.54. The summed E-state index contributed by atoms with van der Waals surface area (Å²) in [6.45, 7) is 3.24. The number of carbonyl (C=O) groups is 5. The van der Waals surface area contributed by atoms with Crippen molar-refractivity contribution >= 4 is 29.8 Å². The average molecular weight is 531 g/mol. The number of urea groups is 2. The van der Waals surface area contributed by atoms with Gasteiger partial charge < -0.3 is 21.1 Å². The largest absolute Gasteiger partial charge is 0.385 e. The molecule has 38 heavy (non-hydrogen) atoms. The van der Waals surface area contributed by atoms with Gasteiger partial charge in [-0.05, 0) is 63.2 Å². The van der Waals surface area contributed by atoms with Crippen molar-refractivity contribution in [3.05, 3.63) is 11.4 Å². The average Bonchev–Trinajstić information content (AvgIpc) is 3.43. The minimum Gasteiger partial charge on any atom is -0.385 e. The Labute approximate surface area is 222 Å². The van der Waals surface area contributed by atoms with Crippen LogP contribution in [0.3, 0.4) is 0 Å². The number of hydrogen-bond acceptors (Lipinski definition) is 8. The number of carbonyl (C=O) groups excluding carboxylic acids is 5. The molecule has 208 valence electrons. The topological polar surface area (TPSA) is 160 Å². The van der Waals surface area contributed by atoms with Gasteiger partial charge in [-0.25, -0.2) is 9.59 Å². The van der Waals surface area contributed by atoms with Crippen LogP contribution in [0.15, 0.2) is 11.4 Å². The van der Waals surface area contributed by atoms with Crippen LogP contribution in [0.2, 0.25) is 0 Å². The molecule has 7 amide bonds. The predicted octanol–water partition coefficient (Wildman–Crippen LogP) is 1.24. The molecular formula is C26H38N6O6. The predicted molar refractivity (Wildman–Crippen MR) is 135 cm³/mol. The lowest BCUT2D eigenvalue weighted by Crippen LogP contribution is -2.66. The van der Waals surface area contributed by atoms with Crippen molar-refractivity contribution in [1.29, 1.82) is 0 Å². The Bertz CT molecular complexity index is 1080. The second-order valence-corrected chi connectivity index (χ2v) is 11.6. The van der Waals surface area contributed by atoms with Gasteiger partial charge in [0, 0.05) is 32.8 Å². The monoisotopic (exact) mass is 530 g/mol. The summed E-state index contributed by atoms with van der Waals surface area (Å²) >= 11 is 0. The first kappa shape index (κ1) is 26.5. The van der Waals surface area contributed by atoms with Crippen molar-refractivity contribution in [2.24, 2.45) is 16.9 Å². The van der Waals surface area contributed by atoms with E-state index in [0.717, 1.165) is 29.1 Å². The number of unbranched alkanes of at least 4 members (excludes halogenated alkanes) is 1. The summed E-state index contributed by atoms with van der Waals surface area (Å²) in [5, 5.41) is 0. The molecule has 0 aromatic heterocycles. The van der Waals surface area contributed by atoms with Gasteiger partial charge >= 0.3 is 12.1 Å². The van der Waals surface area contributed by atoms with Gasteiger partial charge in [0.1, 0.15) is 16.9 Å². The lowest BCUT2D eigenvalue weighted by molar-refractivity contribution is -0.151. The Morgan fingerprint density at radius 1 is 1.00 bits per heavy atom. The van der Waals surface area contributed by atoms with E-state index in [9.17, 15) is 24.0 Å². The quantitative estimate of drug-likeness (QED) is 0.295. The molecule has 12 nitrogen and oxygen atoms in total. The smallest absolute Gasteiger partial charge is 0.334 e. The molecule has 0 bridgehead atoms. The Kier molecular flexibility index (Phi) is 6.65. The molecular weight excluding hydrogens is 492 g/mol. The van der Waals surface area contributed by atoms with E-state index in [2.05, 4.69) is 0 Å². The lowest BCUT2D eigenvalue weighted by Gasteiger charge is -2.59. The van der Waals surface area contributed by atoms with E-state index in [0.29, 0.717) is 58.1 Å². The molecule has 0 aromatic carbocycles. The molecule has 4 N–H and O–H groups in total.